The van der Waals surface area contributed by atoms with Gasteiger partial charge in [0.05, 0.1) is 19.8 Å². The Kier molecular flexibility index (Phi) is 5.15. The van der Waals surface area contributed by atoms with Crippen molar-refractivity contribution in [1.29, 1.82) is 0 Å². The summed E-state index contributed by atoms with van der Waals surface area (Å²) < 4.78 is 10.4. The second-order valence-corrected chi connectivity index (χ2v) is 5.48. The predicted molar refractivity (Wildman–Crippen MR) is 86.2 cm³/mol. The van der Waals surface area contributed by atoms with Crippen LogP contribution < -0.4 is 9.47 Å². The molecule has 0 saturated heterocycles. The molecule has 110 valence electrons. The molecule has 0 unspecified atom stereocenters. The van der Waals surface area contributed by atoms with Gasteiger partial charge in [-0.2, -0.15) is 0 Å². The van der Waals surface area contributed by atoms with Gasteiger partial charge in [-0.25, -0.2) is 0 Å². The molecule has 0 aliphatic carbocycles. The van der Waals surface area contributed by atoms with Crippen molar-refractivity contribution >= 4 is 29.1 Å². The van der Waals surface area contributed by atoms with Gasteiger partial charge in [-0.05, 0) is 42.7 Å². The van der Waals surface area contributed by atoms with Gasteiger partial charge in [-0.3, -0.25) is 4.79 Å². The third-order valence-corrected chi connectivity index (χ3v) is 4.18. The van der Waals surface area contributed by atoms with E-state index in [1.165, 1.54) is 14.2 Å². The van der Waals surface area contributed by atoms with Gasteiger partial charge in [0.2, 0.25) is 0 Å². The lowest BCUT2D eigenvalue weighted by Gasteiger charge is -2.12. The zero-order valence-electron chi connectivity index (χ0n) is 12.0. The highest BCUT2D eigenvalue weighted by molar-refractivity contribution is 7.98. The molecule has 2 aromatic rings. The quantitative estimate of drug-likeness (QED) is 0.607. The molecule has 0 saturated carbocycles. The van der Waals surface area contributed by atoms with E-state index in [0.29, 0.717) is 27.6 Å². The average molecular weight is 323 g/mol. The van der Waals surface area contributed by atoms with Crippen molar-refractivity contribution in [3.05, 3.63) is 52.5 Å². The summed E-state index contributed by atoms with van der Waals surface area (Å²) in [5.41, 5.74) is 1.01. The van der Waals surface area contributed by atoms with Gasteiger partial charge >= 0.3 is 0 Å². The molecule has 2 aromatic carbocycles. The van der Waals surface area contributed by atoms with Crippen LogP contribution in [-0.2, 0) is 0 Å². The fourth-order valence-corrected chi connectivity index (χ4v) is 2.70. The Morgan fingerprint density at radius 2 is 1.71 bits per heavy atom. The normalized spacial score (nSPS) is 10.3. The fraction of sp³-hybridized carbons (Fsp3) is 0.188. The second-order valence-electron chi connectivity index (χ2n) is 4.22. The number of ketones is 1. The van der Waals surface area contributed by atoms with Crippen molar-refractivity contribution in [3.63, 3.8) is 0 Å². The summed E-state index contributed by atoms with van der Waals surface area (Å²) in [5, 5.41) is 0.298. The van der Waals surface area contributed by atoms with Gasteiger partial charge in [0.15, 0.2) is 11.5 Å². The number of halogens is 1. The first-order chi connectivity index (χ1) is 10.1. The molecule has 0 N–H and O–H groups in total. The monoisotopic (exact) mass is 322 g/mol. The van der Waals surface area contributed by atoms with E-state index in [9.17, 15) is 4.79 Å². The Hall–Kier alpha value is -1.65. The minimum atomic E-state index is -0.135. The van der Waals surface area contributed by atoms with Crippen LogP contribution in [-0.4, -0.2) is 26.3 Å². The summed E-state index contributed by atoms with van der Waals surface area (Å²) in [7, 11) is 3.00. The van der Waals surface area contributed by atoms with E-state index in [-0.39, 0.29) is 5.78 Å². The Morgan fingerprint density at radius 1 is 1.05 bits per heavy atom. The molecule has 0 bridgehead atoms. The summed E-state index contributed by atoms with van der Waals surface area (Å²) in [6.45, 7) is 0. The van der Waals surface area contributed by atoms with Crippen molar-refractivity contribution < 1.29 is 14.3 Å². The van der Waals surface area contributed by atoms with Crippen LogP contribution in [0.15, 0.2) is 41.3 Å². The lowest BCUT2D eigenvalue weighted by Crippen LogP contribution is -2.05. The topological polar surface area (TPSA) is 35.5 Å². The summed E-state index contributed by atoms with van der Waals surface area (Å²) in [6.07, 6.45) is 1.99. The van der Waals surface area contributed by atoms with Crippen molar-refractivity contribution in [3.8, 4) is 11.5 Å². The lowest BCUT2D eigenvalue weighted by atomic mass is 10.0. The molecule has 0 aliphatic rings. The third-order valence-electron chi connectivity index (χ3n) is 3.08. The van der Waals surface area contributed by atoms with Crippen LogP contribution in [0.25, 0.3) is 0 Å². The molecule has 0 amide bonds. The molecule has 21 heavy (non-hydrogen) atoms. The zero-order chi connectivity index (χ0) is 15.4. The molecule has 0 radical (unpaired) electrons. The highest BCUT2D eigenvalue weighted by Crippen LogP contribution is 2.37. The maximum absolute atomic E-state index is 12.6. The van der Waals surface area contributed by atoms with E-state index in [2.05, 4.69) is 0 Å². The van der Waals surface area contributed by atoms with Gasteiger partial charge in [0.1, 0.15) is 10.8 Å². The van der Waals surface area contributed by atoms with E-state index in [1.54, 1.807) is 36.0 Å². The molecule has 0 spiro atoms. The number of methoxy groups -OCH3 is 2. The first-order valence-corrected chi connectivity index (χ1v) is 7.81. The Labute approximate surface area is 133 Å². The molecule has 0 heterocycles. The first-order valence-electron chi connectivity index (χ1n) is 6.21. The van der Waals surface area contributed by atoms with Crippen LogP contribution in [0.3, 0.4) is 0 Å². The van der Waals surface area contributed by atoms with E-state index in [4.69, 9.17) is 21.1 Å². The van der Waals surface area contributed by atoms with Crippen molar-refractivity contribution in [1.82, 2.24) is 0 Å². The number of carbonyl (C=O) groups is 1. The van der Waals surface area contributed by atoms with Gasteiger partial charge in [-0.1, -0.05) is 11.6 Å². The maximum Gasteiger partial charge on any atom is 0.196 e. The number of rotatable bonds is 5. The Morgan fingerprint density at radius 3 is 2.24 bits per heavy atom. The maximum atomic E-state index is 12.6. The first kappa shape index (κ1) is 15.7. The van der Waals surface area contributed by atoms with Crippen LogP contribution in [0.1, 0.15) is 15.9 Å². The van der Waals surface area contributed by atoms with Crippen LogP contribution in [0.4, 0.5) is 0 Å². The average Bonchev–Trinajstić information content (AvgIpc) is 2.54. The van der Waals surface area contributed by atoms with E-state index in [1.807, 2.05) is 18.4 Å². The molecule has 0 aromatic heterocycles. The SMILES string of the molecule is COc1ccc(C(=O)c2ccc(SC)cc2)c(OC)c1Cl. The van der Waals surface area contributed by atoms with Crippen molar-refractivity contribution in [2.24, 2.45) is 0 Å². The number of benzene rings is 2. The minimum absolute atomic E-state index is 0.135. The molecule has 0 fully saturated rings. The van der Waals surface area contributed by atoms with Crippen LogP contribution in [0.2, 0.25) is 5.02 Å². The standard InChI is InChI=1S/C16H15ClO3S/c1-19-13-9-8-12(16(20-2)14(13)17)15(18)10-4-6-11(21-3)7-5-10/h4-9H,1-3H3. The van der Waals surface area contributed by atoms with Gasteiger partial charge in [-0.15, -0.1) is 11.8 Å². The molecule has 2 rings (SSSR count). The van der Waals surface area contributed by atoms with Gasteiger partial charge < -0.3 is 9.47 Å². The zero-order valence-corrected chi connectivity index (χ0v) is 13.5. The van der Waals surface area contributed by atoms with Gasteiger partial charge in [0.25, 0.3) is 0 Å². The van der Waals surface area contributed by atoms with Gasteiger partial charge in [0, 0.05) is 10.5 Å². The molecular formula is C16H15ClO3S. The summed E-state index contributed by atoms with van der Waals surface area (Å²) in [5.74, 6) is 0.668. The Bertz CT molecular complexity index is 653. The highest BCUT2D eigenvalue weighted by atomic mass is 35.5. The number of hydrogen-bond donors (Lipinski definition) is 0. The fourth-order valence-electron chi connectivity index (χ4n) is 1.97. The summed E-state index contributed by atoms with van der Waals surface area (Å²) in [4.78, 5) is 13.7. The van der Waals surface area contributed by atoms with Crippen molar-refractivity contribution in [2.75, 3.05) is 20.5 Å². The Balaban J connectivity index is 2.45. The number of thioether (sulfide) groups is 1. The summed E-state index contributed by atoms with van der Waals surface area (Å²) >= 11 is 7.81. The summed E-state index contributed by atoms with van der Waals surface area (Å²) in [6, 6.07) is 10.7. The molecule has 0 atom stereocenters. The largest absolute Gasteiger partial charge is 0.495 e. The van der Waals surface area contributed by atoms with Crippen LogP contribution in [0, 0.1) is 0 Å². The highest BCUT2D eigenvalue weighted by Gasteiger charge is 2.19. The smallest absolute Gasteiger partial charge is 0.196 e. The van der Waals surface area contributed by atoms with Crippen molar-refractivity contribution in [2.45, 2.75) is 4.90 Å². The second kappa shape index (κ2) is 6.87. The number of hydrogen-bond acceptors (Lipinski definition) is 4. The molecule has 5 heteroatoms. The van der Waals surface area contributed by atoms with E-state index < -0.39 is 0 Å². The van der Waals surface area contributed by atoms with E-state index in [0.717, 1.165) is 4.90 Å². The third kappa shape index (κ3) is 3.17. The van der Waals surface area contributed by atoms with Crippen LogP contribution in [0.5, 0.6) is 11.5 Å². The number of ether oxygens (including phenoxy) is 2. The molecular weight excluding hydrogens is 308 g/mol. The molecule has 0 aliphatic heterocycles. The van der Waals surface area contributed by atoms with Crippen LogP contribution >= 0.6 is 23.4 Å². The van der Waals surface area contributed by atoms with E-state index >= 15 is 0 Å². The molecule has 3 nitrogen and oxygen atoms in total. The minimum Gasteiger partial charge on any atom is -0.495 e. The predicted octanol–water partition coefficient (Wildman–Crippen LogP) is 4.31. The lowest BCUT2D eigenvalue weighted by molar-refractivity contribution is 0.103. The number of carbonyl (C=O) groups excluding carboxylic acids is 1.